The number of benzene rings is 2. The molecule has 0 fully saturated rings. The molecule has 2 N–H and O–H groups in total. The van der Waals surface area contributed by atoms with Crippen molar-refractivity contribution < 1.29 is 9.47 Å². The molecule has 0 saturated carbocycles. The molecule has 8 heteroatoms. The van der Waals surface area contributed by atoms with E-state index < -0.39 is 0 Å². The first-order chi connectivity index (χ1) is 13.0. The molecule has 7 nitrogen and oxygen atoms in total. The maximum absolute atomic E-state index is 6.14. The summed E-state index contributed by atoms with van der Waals surface area (Å²) in [6.07, 6.45) is 1.52. The fraction of sp³-hybridized carbons (Fsp3) is 0.211. The third kappa shape index (κ3) is 4.57. The van der Waals surface area contributed by atoms with Crippen molar-refractivity contribution in [3.63, 3.8) is 0 Å². The van der Waals surface area contributed by atoms with Crippen LogP contribution in [0.2, 0.25) is 5.02 Å². The number of hydrogen-bond donors (Lipinski definition) is 2. The fourth-order valence-electron chi connectivity index (χ4n) is 2.69. The quantitative estimate of drug-likeness (QED) is 0.639. The van der Waals surface area contributed by atoms with Gasteiger partial charge >= 0.3 is 0 Å². The number of nitrogens with zero attached hydrogens (tertiary/aromatic N) is 3. The molecule has 140 valence electrons. The molecule has 0 spiro atoms. The van der Waals surface area contributed by atoms with Gasteiger partial charge in [-0.3, -0.25) is 0 Å². The minimum Gasteiger partial charge on any atom is -0.495 e. The Labute approximate surface area is 162 Å². The van der Waals surface area contributed by atoms with Gasteiger partial charge in [-0.25, -0.2) is 0 Å². The first-order valence-corrected chi connectivity index (χ1v) is 8.60. The normalized spacial score (nSPS) is 10.4. The Morgan fingerprint density at radius 1 is 0.889 bits per heavy atom. The molecule has 0 unspecified atom stereocenters. The van der Waals surface area contributed by atoms with Gasteiger partial charge in [0, 0.05) is 17.8 Å². The van der Waals surface area contributed by atoms with Crippen LogP contribution in [0.1, 0.15) is 11.1 Å². The summed E-state index contributed by atoms with van der Waals surface area (Å²) in [5, 5.41) is 14.8. The summed E-state index contributed by atoms with van der Waals surface area (Å²) >= 11 is 6.14. The molecule has 0 aliphatic rings. The van der Waals surface area contributed by atoms with Crippen molar-refractivity contribution in [2.75, 3.05) is 24.9 Å². The van der Waals surface area contributed by atoms with Gasteiger partial charge in [-0.05, 0) is 37.1 Å². The molecule has 0 saturated heterocycles. The van der Waals surface area contributed by atoms with E-state index in [0.29, 0.717) is 34.0 Å². The predicted octanol–water partition coefficient (Wildman–Crippen LogP) is 4.65. The number of aromatic nitrogens is 3. The van der Waals surface area contributed by atoms with Gasteiger partial charge in [-0.15, -0.1) is 5.10 Å². The van der Waals surface area contributed by atoms with Crippen molar-refractivity contribution in [3.05, 3.63) is 52.7 Å². The minimum absolute atomic E-state index is 0.380. The van der Waals surface area contributed by atoms with Crippen molar-refractivity contribution in [1.29, 1.82) is 0 Å². The van der Waals surface area contributed by atoms with Gasteiger partial charge in [-0.2, -0.15) is 10.1 Å². The Morgan fingerprint density at radius 2 is 1.59 bits per heavy atom. The number of anilines is 4. The molecule has 2 aromatic carbocycles. The molecule has 0 aliphatic carbocycles. The van der Waals surface area contributed by atoms with Gasteiger partial charge in [0.05, 0.1) is 31.1 Å². The Morgan fingerprint density at radius 3 is 2.26 bits per heavy atom. The van der Waals surface area contributed by atoms with Gasteiger partial charge in [0.1, 0.15) is 11.5 Å². The van der Waals surface area contributed by atoms with E-state index in [1.807, 2.05) is 26.0 Å². The third-order valence-corrected chi connectivity index (χ3v) is 4.07. The Balaban J connectivity index is 1.86. The van der Waals surface area contributed by atoms with E-state index in [4.69, 9.17) is 21.1 Å². The van der Waals surface area contributed by atoms with Crippen molar-refractivity contribution in [2.45, 2.75) is 13.8 Å². The van der Waals surface area contributed by atoms with Crippen LogP contribution in [0.3, 0.4) is 0 Å². The summed E-state index contributed by atoms with van der Waals surface area (Å²) in [6, 6.07) is 9.54. The Bertz CT molecular complexity index is 945. The van der Waals surface area contributed by atoms with Crippen LogP contribution >= 0.6 is 11.6 Å². The Hall–Kier alpha value is -3.06. The Kier molecular flexibility index (Phi) is 5.61. The van der Waals surface area contributed by atoms with Crippen molar-refractivity contribution in [1.82, 2.24) is 15.2 Å². The highest BCUT2D eigenvalue weighted by Gasteiger charge is 2.11. The van der Waals surface area contributed by atoms with Crippen molar-refractivity contribution in [2.24, 2.45) is 0 Å². The lowest BCUT2D eigenvalue weighted by Gasteiger charge is -2.14. The maximum atomic E-state index is 6.14. The molecule has 0 amide bonds. The summed E-state index contributed by atoms with van der Waals surface area (Å²) in [4.78, 5) is 4.45. The highest BCUT2D eigenvalue weighted by Crippen LogP contribution is 2.37. The second-order valence-electron chi connectivity index (χ2n) is 5.98. The van der Waals surface area contributed by atoms with E-state index in [-0.39, 0.29) is 0 Å². The molecule has 27 heavy (non-hydrogen) atoms. The molecule has 1 aromatic heterocycles. The van der Waals surface area contributed by atoms with Gasteiger partial charge in [-0.1, -0.05) is 17.7 Å². The number of ether oxygens (including phenoxy) is 2. The SMILES string of the molecule is COc1cc(Nc2cnnc(Nc3cc(C)cc(C)c3)n2)c(OC)cc1Cl. The van der Waals surface area contributed by atoms with Crippen LogP contribution in [-0.4, -0.2) is 29.4 Å². The van der Waals surface area contributed by atoms with Crippen LogP contribution in [0.4, 0.5) is 23.1 Å². The lowest BCUT2D eigenvalue weighted by Crippen LogP contribution is -2.03. The molecule has 3 rings (SSSR count). The minimum atomic E-state index is 0.380. The molecule has 0 bridgehead atoms. The summed E-state index contributed by atoms with van der Waals surface area (Å²) in [5.74, 6) is 1.96. The number of nitrogens with one attached hydrogen (secondary N) is 2. The average molecular weight is 386 g/mol. The molecule has 1 heterocycles. The topological polar surface area (TPSA) is 81.2 Å². The lowest BCUT2D eigenvalue weighted by atomic mass is 10.1. The highest BCUT2D eigenvalue weighted by molar-refractivity contribution is 6.32. The third-order valence-electron chi connectivity index (χ3n) is 3.77. The number of rotatable bonds is 6. The zero-order valence-electron chi connectivity index (χ0n) is 15.5. The molecular weight excluding hydrogens is 366 g/mol. The average Bonchev–Trinajstić information content (AvgIpc) is 2.62. The number of aryl methyl sites for hydroxylation is 2. The number of halogens is 1. The van der Waals surface area contributed by atoms with Crippen LogP contribution in [0.15, 0.2) is 36.5 Å². The van der Waals surface area contributed by atoms with Gasteiger partial charge < -0.3 is 20.1 Å². The van der Waals surface area contributed by atoms with E-state index in [1.165, 1.54) is 6.20 Å². The summed E-state index contributed by atoms with van der Waals surface area (Å²) in [7, 11) is 3.12. The van der Waals surface area contributed by atoms with E-state index in [9.17, 15) is 0 Å². The second-order valence-corrected chi connectivity index (χ2v) is 6.39. The zero-order chi connectivity index (χ0) is 19.4. The first-order valence-electron chi connectivity index (χ1n) is 8.22. The van der Waals surface area contributed by atoms with E-state index in [1.54, 1.807) is 26.4 Å². The van der Waals surface area contributed by atoms with Crippen molar-refractivity contribution >= 4 is 34.7 Å². The van der Waals surface area contributed by atoms with Crippen LogP contribution < -0.4 is 20.1 Å². The van der Waals surface area contributed by atoms with Crippen LogP contribution in [-0.2, 0) is 0 Å². The smallest absolute Gasteiger partial charge is 0.249 e. The highest BCUT2D eigenvalue weighted by atomic mass is 35.5. The zero-order valence-corrected chi connectivity index (χ0v) is 16.3. The molecule has 3 aromatic rings. The maximum Gasteiger partial charge on any atom is 0.249 e. The standard InChI is InChI=1S/C19H20ClN5O2/c1-11-5-12(2)7-13(6-11)22-19-24-18(10-21-25-19)23-15-9-16(26-3)14(20)8-17(15)27-4/h5-10H,1-4H3,(H2,22,23,24,25). The summed E-state index contributed by atoms with van der Waals surface area (Å²) in [6.45, 7) is 4.07. The van der Waals surface area contributed by atoms with Crippen molar-refractivity contribution in [3.8, 4) is 11.5 Å². The molecular formula is C19H20ClN5O2. The number of hydrogen-bond acceptors (Lipinski definition) is 7. The van der Waals surface area contributed by atoms with E-state index in [2.05, 4.69) is 31.9 Å². The van der Waals surface area contributed by atoms with Crippen LogP contribution in [0, 0.1) is 13.8 Å². The predicted molar refractivity (Wildman–Crippen MR) is 107 cm³/mol. The van der Waals surface area contributed by atoms with Gasteiger partial charge in [0.25, 0.3) is 0 Å². The second kappa shape index (κ2) is 8.09. The van der Waals surface area contributed by atoms with E-state index in [0.717, 1.165) is 16.8 Å². The van der Waals surface area contributed by atoms with Crippen LogP contribution in [0.5, 0.6) is 11.5 Å². The fourth-order valence-corrected chi connectivity index (χ4v) is 2.92. The summed E-state index contributed by atoms with van der Waals surface area (Å²) in [5.41, 5.74) is 3.85. The van der Waals surface area contributed by atoms with Crippen LogP contribution in [0.25, 0.3) is 0 Å². The monoisotopic (exact) mass is 385 g/mol. The molecule has 0 aliphatic heterocycles. The molecule has 0 radical (unpaired) electrons. The summed E-state index contributed by atoms with van der Waals surface area (Å²) < 4.78 is 10.6. The van der Waals surface area contributed by atoms with Gasteiger partial charge in [0.2, 0.25) is 5.95 Å². The molecule has 0 atom stereocenters. The lowest BCUT2D eigenvalue weighted by molar-refractivity contribution is 0.405. The first kappa shape index (κ1) is 18.7. The van der Waals surface area contributed by atoms with Gasteiger partial charge in [0.15, 0.2) is 5.82 Å². The largest absolute Gasteiger partial charge is 0.495 e. The van der Waals surface area contributed by atoms with E-state index >= 15 is 0 Å². The number of methoxy groups -OCH3 is 2.